The van der Waals surface area contributed by atoms with Crippen molar-refractivity contribution in [3.63, 3.8) is 0 Å². The number of hydrogen-bond donors (Lipinski definition) is 1. The van der Waals surface area contributed by atoms with Crippen molar-refractivity contribution in [2.45, 2.75) is 13.8 Å². The Kier molecular flexibility index (Phi) is 4.33. The van der Waals surface area contributed by atoms with E-state index < -0.39 is 0 Å². The van der Waals surface area contributed by atoms with Gasteiger partial charge in [0.15, 0.2) is 0 Å². The van der Waals surface area contributed by atoms with Crippen LogP contribution in [0.4, 0.5) is 5.69 Å². The molecular weight excluding hydrogens is 366 g/mol. The van der Waals surface area contributed by atoms with E-state index in [1.807, 2.05) is 12.1 Å². The van der Waals surface area contributed by atoms with Crippen molar-refractivity contribution in [1.29, 1.82) is 0 Å². The molecule has 3 heterocycles. The number of carbonyl (C=O) groups excluding carboxylic acids is 2. The van der Waals surface area contributed by atoms with E-state index in [9.17, 15) is 9.59 Å². The molecule has 0 saturated heterocycles. The Hall–Kier alpha value is -3.26. The van der Waals surface area contributed by atoms with Crippen molar-refractivity contribution in [2.24, 2.45) is 0 Å². The maximum absolute atomic E-state index is 12.6. The Morgan fingerprint density at radius 1 is 1.26 bits per heavy atom. The van der Waals surface area contributed by atoms with Gasteiger partial charge in [-0.1, -0.05) is 5.16 Å². The summed E-state index contributed by atoms with van der Waals surface area (Å²) in [6, 6.07) is 8.95. The van der Waals surface area contributed by atoms with Gasteiger partial charge in [-0.05, 0) is 49.6 Å². The molecule has 4 aromatic rings. The molecule has 0 radical (unpaired) electrons. The first-order valence-electron chi connectivity index (χ1n) is 8.29. The van der Waals surface area contributed by atoms with Crippen LogP contribution in [0.2, 0.25) is 0 Å². The fraction of sp³-hybridized carbons (Fsp3) is 0.158. The molecule has 0 saturated carbocycles. The van der Waals surface area contributed by atoms with E-state index in [0.29, 0.717) is 39.5 Å². The lowest BCUT2D eigenvalue weighted by Gasteiger charge is -2.05. The number of aromatic nitrogens is 2. The van der Waals surface area contributed by atoms with Crippen LogP contribution < -0.4 is 5.32 Å². The predicted molar refractivity (Wildman–Crippen MR) is 102 cm³/mol. The van der Waals surface area contributed by atoms with Gasteiger partial charge < -0.3 is 14.6 Å². The summed E-state index contributed by atoms with van der Waals surface area (Å²) in [5.41, 5.74) is 2.11. The third-order valence-corrected chi connectivity index (χ3v) is 5.12. The number of anilines is 1. The molecule has 0 bridgehead atoms. The number of amides is 1. The number of nitrogens with zero attached hydrogens (tertiary/aromatic N) is 2. The van der Waals surface area contributed by atoms with Crippen LogP contribution in [0.25, 0.3) is 21.2 Å². The zero-order chi connectivity index (χ0) is 19.0. The Morgan fingerprint density at radius 2 is 2.11 bits per heavy atom. The zero-order valence-electron chi connectivity index (χ0n) is 14.6. The number of pyridine rings is 1. The molecule has 136 valence electrons. The summed E-state index contributed by atoms with van der Waals surface area (Å²) in [7, 11) is 0. The minimum absolute atomic E-state index is 0.287. The zero-order valence-corrected chi connectivity index (χ0v) is 15.4. The molecule has 7 nitrogen and oxygen atoms in total. The molecule has 3 aromatic heterocycles. The number of rotatable bonds is 4. The van der Waals surface area contributed by atoms with Crippen LogP contribution in [0, 0.1) is 6.92 Å². The number of thiophene rings is 1. The molecule has 4 rings (SSSR count). The van der Waals surface area contributed by atoms with E-state index in [-0.39, 0.29) is 11.9 Å². The van der Waals surface area contributed by atoms with Gasteiger partial charge in [0.1, 0.15) is 4.88 Å². The monoisotopic (exact) mass is 381 g/mol. The second-order valence-electron chi connectivity index (χ2n) is 5.88. The standard InChI is InChI=1S/C19H15N3O4S/c1-3-25-19(24)16-8-11-6-13(4-5-15(11)27-16)21-17(23)12-7-14-10(2)22-26-18(14)20-9-12/h4-9H,3H2,1-2H3,(H,21,23). The van der Waals surface area contributed by atoms with Crippen molar-refractivity contribution in [3.8, 4) is 0 Å². The number of benzene rings is 1. The number of aryl methyl sites for hydroxylation is 1. The molecular formula is C19H15N3O4S. The molecule has 0 aliphatic heterocycles. The van der Waals surface area contributed by atoms with Crippen molar-refractivity contribution >= 4 is 50.1 Å². The van der Waals surface area contributed by atoms with Crippen LogP contribution >= 0.6 is 11.3 Å². The molecule has 0 atom stereocenters. The Bertz CT molecular complexity index is 1180. The maximum atomic E-state index is 12.6. The lowest BCUT2D eigenvalue weighted by molar-refractivity contribution is 0.0532. The summed E-state index contributed by atoms with van der Waals surface area (Å²) < 4.78 is 11.0. The van der Waals surface area contributed by atoms with Crippen LogP contribution in [0.3, 0.4) is 0 Å². The van der Waals surface area contributed by atoms with Gasteiger partial charge in [-0.15, -0.1) is 11.3 Å². The highest BCUT2D eigenvalue weighted by atomic mass is 32.1. The van der Waals surface area contributed by atoms with Gasteiger partial charge in [0.05, 0.1) is 23.3 Å². The molecule has 1 aromatic carbocycles. The number of fused-ring (bicyclic) bond motifs is 2. The third-order valence-electron chi connectivity index (χ3n) is 4.02. The van der Waals surface area contributed by atoms with Crippen molar-refractivity contribution < 1.29 is 18.8 Å². The van der Waals surface area contributed by atoms with Gasteiger partial charge in [0, 0.05) is 16.6 Å². The van der Waals surface area contributed by atoms with E-state index in [2.05, 4.69) is 15.5 Å². The SMILES string of the molecule is CCOC(=O)c1cc2cc(NC(=O)c3cnc4onc(C)c4c3)ccc2s1. The molecule has 0 fully saturated rings. The average molecular weight is 381 g/mol. The number of nitrogens with one attached hydrogen (secondary N) is 1. The van der Waals surface area contributed by atoms with E-state index >= 15 is 0 Å². The normalized spacial score (nSPS) is 11.0. The fourth-order valence-electron chi connectivity index (χ4n) is 2.70. The van der Waals surface area contributed by atoms with Crippen LogP contribution in [-0.2, 0) is 4.74 Å². The second-order valence-corrected chi connectivity index (χ2v) is 6.97. The number of ether oxygens (including phenoxy) is 1. The minimum atomic E-state index is -0.340. The van der Waals surface area contributed by atoms with Gasteiger partial charge in [0.2, 0.25) is 0 Å². The smallest absolute Gasteiger partial charge is 0.348 e. The van der Waals surface area contributed by atoms with Crippen molar-refractivity contribution in [3.05, 3.63) is 52.7 Å². The topological polar surface area (TPSA) is 94.3 Å². The Balaban J connectivity index is 1.59. The first kappa shape index (κ1) is 17.2. The molecule has 0 aliphatic rings. The lowest BCUT2D eigenvalue weighted by atomic mass is 10.2. The van der Waals surface area contributed by atoms with Gasteiger partial charge in [0.25, 0.3) is 11.6 Å². The van der Waals surface area contributed by atoms with E-state index in [1.54, 1.807) is 32.0 Å². The first-order valence-corrected chi connectivity index (χ1v) is 9.11. The molecule has 0 aliphatic carbocycles. The Labute approximate surface area is 157 Å². The number of esters is 1. The summed E-state index contributed by atoms with van der Waals surface area (Å²) in [5.74, 6) is -0.627. The first-order chi connectivity index (χ1) is 13.0. The lowest BCUT2D eigenvalue weighted by Crippen LogP contribution is -2.12. The summed E-state index contributed by atoms with van der Waals surface area (Å²) in [6.45, 7) is 3.89. The minimum Gasteiger partial charge on any atom is -0.462 e. The molecule has 0 unspecified atom stereocenters. The van der Waals surface area contributed by atoms with Gasteiger partial charge in [-0.2, -0.15) is 0 Å². The second kappa shape index (κ2) is 6.81. The average Bonchev–Trinajstić information content (AvgIpc) is 3.25. The van der Waals surface area contributed by atoms with E-state index in [1.165, 1.54) is 17.5 Å². The fourth-order valence-corrected chi connectivity index (χ4v) is 3.63. The summed E-state index contributed by atoms with van der Waals surface area (Å²) in [5, 5.41) is 8.26. The van der Waals surface area contributed by atoms with Crippen LogP contribution in [0.15, 0.2) is 41.1 Å². The molecule has 27 heavy (non-hydrogen) atoms. The summed E-state index contributed by atoms with van der Waals surface area (Å²) in [4.78, 5) is 29.1. The number of hydrogen-bond acceptors (Lipinski definition) is 7. The largest absolute Gasteiger partial charge is 0.462 e. The highest BCUT2D eigenvalue weighted by Crippen LogP contribution is 2.29. The third kappa shape index (κ3) is 3.26. The van der Waals surface area contributed by atoms with Gasteiger partial charge >= 0.3 is 5.97 Å². The maximum Gasteiger partial charge on any atom is 0.348 e. The predicted octanol–water partition coefficient (Wildman–Crippen LogP) is 4.17. The molecule has 1 amide bonds. The van der Waals surface area contributed by atoms with Crippen LogP contribution in [-0.4, -0.2) is 28.6 Å². The Morgan fingerprint density at radius 3 is 2.93 bits per heavy atom. The van der Waals surface area contributed by atoms with E-state index in [0.717, 1.165) is 10.1 Å². The summed E-state index contributed by atoms with van der Waals surface area (Å²) >= 11 is 1.36. The van der Waals surface area contributed by atoms with Crippen LogP contribution in [0.5, 0.6) is 0 Å². The van der Waals surface area contributed by atoms with Gasteiger partial charge in [-0.3, -0.25) is 4.79 Å². The molecule has 1 N–H and O–H groups in total. The van der Waals surface area contributed by atoms with Crippen molar-refractivity contribution in [2.75, 3.05) is 11.9 Å². The van der Waals surface area contributed by atoms with E-state index in [4.69, 9.17) is 9.26 Å². The number of carbonyl (C=O) groups is 2. The van der Waals surface area contributed by atoms with Crippen molar-refractivity contribution in [1.82, 2.24) is 10.1 Å². The van der Waals surface area contributed by atoms with Crippen LogP contribution in [0.1, 0.15) is 32.6 Å². The quantitative estimate of drug-likeness (QED) is 0.533. The molecule has 8 heteroatoms. The summed E-state index contributed by atoms with van der Waals surface area (Å²) in [6.07, 6.45) is 1.45. The highest BCUT2D eigenvalue weighted by Gasteiger charge is 2.14. The van der Waals surface area contributed by atoms with Gasteiger partial charge in [-0.25, -0.2) is 9.78 Å². The molecule has 0 spiro atoms. The highest BCUT2D eigenvalue weighted by molar-refractivity contribution is 7.20.